The molecule has 0 saturated carbocycles. The zero-order valence-corrected chi connectivity index (χ0v) is 17.2. The van der Waals surface area contributed by atoms with Crippen LogP contribution in [0, 0.1) is 5.92 Å². The first kappa shape index (κ1) is 20.5. The maximum absolute atomic E-state index is 13.1. The van der Waals surface area contributed by atoms with Gasteiger partial charge >= 0.3 is 5.97 Å². The minimum Gasteiger partial charge on any atom is -0.486 e. The Hall–Kier alpha value is -3.81. The summed E-state index contributed by atoms with van der Waals surface area (Å²) in [7, 11) is 1.25. The standard InChI is InChI=1S/C23H22N2O6/c1-14-21(23(28)29-2)17(13-20(26)25(14)16-6-4-3-5-7-16)22(27)24-15-8-9-18-19(12-15)31-11-10-30-18/h3-9,12,17H,10-11,13H2,1-2H3,(H,24,27). The Bertz CT molecular complexity index is 1060. The highest BCUT2D eigenvalue weighted by Gasteiger charge is 2.40. The number of ether oxygens (including phenoxy) is 3. The Morgan fingerprint density at radius 1 is 1.06 bits per heavy atom. The van der Waals surface area contributed by atoms with Crippen LogP contribution in [0.2, 0.25) is 0 Å². The first-order chi connectivity index (χ1) is 15.0. The van der Waals surface area contributed by atoms with Crippen LogP contribution in [-0.4, -0.2) is 38.1 Å². The molecule has 2 aliphatic rings. The van der Waals surface area contributed by atoms with Crippen LogP contribution in [0.5, 0.6) is 11.5 Å². The maximum Gasteiger partial charge on any atom is 0.336 e. The summed E-state index contributed by atoms with van der Waals surface area (Å²) in [4.78, 5) is 40.1. The second-order valence-electron chi connectivity index (χ2n) is 7.16. The highest BCUT2D eigenvalue weighted by atomic mass is 16.6. The molecule has 8 heteroatoms. The molecule has 1 N–H and O–H groups in total. The van der Waals surface area contributed by atoms with Crippen molar-refractivity contribution in [2.45, 2.75) is 13.3 Å². The van der Waals surface area contributed by atoms with Crippen molar-refractivity contribution in [1.82, 2.24) is 0 Å². The van der Waals surface area contributed by atoms with Gasteiger partial charge in [-0.25, -0.2) is 4.79 Å². The first-order valence-corrected chi connectivity index (χ1v) is 9.87. The van der Waals surface area contributed by atoms with Crippen LogP contribution in [0.4, 0.5) is 11.4 Å². The number of nitrogens with one attached hydrogen (secondary N) is 1. The summed E-state index contributed by atoms with van der Waals surface area (Å²) in [6.45, 7) is 2.53. The molecule has 0 radical (unpaired) electrons. The third kappa shape index (κ3) is 3.96. The molecule has 1 unspecified atom stereocenters. The van der Waals surface area contributed by atoms with E-state index in [0.29, 0.717) is 41.8 Å². The molecule has 31 heavy (non-hydrogen) atoms. The zero-order valence-electron chi connectivity index (χ0n) is 17.2. The molecule has 0 aromatic heterocycles. The molecule has 4 rings (SSSR count). The van der Waals surface area contributed by atoms with Gasteiger partial charge in [-0.3, -0.25) is 14.5 Å². The molecule has 0 spiro atoms. The van der Waals surface area contributed by atoms with Crippen molar-refractivity contribution >= 4 is 29.2 Å². The van der Waals surface area contributed by atoms with Crippen molar-refractivity contribution in [3.8, 4) is 11.5 Å². The van der Waals surface area contributed by atoms with Gasteiger partial charge in [0.1, 0.15) is 13.2 Å². The fourth-order valence-corrected chi connectivity index (χ4v) is 3.82. The van der Waals surface area contributed by atoms with E-state index in [1.165, 1.54) is 12.0 Å². The number of amides is 2. The summed E-state index contributed by atoms with van der Waals surface area (Å²) in [5.74, 6) is -1.25. The molecule has 8 nitrogen and oxygen atoms in total. The van der Waals surface area contributed by atoms with Gasteiger partial charge in [-0.2, -0.15) is 0 Å². The van der Waals surface area contributed by atoms with E-state index in [-0.39, 0.29) is 17.9 Å². The molecule has 0 saturated heterocycles. The lowest BCUT2D eigenvalue weighted by molar-refractivity contribution is -0.138. The minimum absolute atomic E-state index is 0.154. The highest BCUT2D eigenvalue weighted by molar-refractivity contribution is 6.10. The monoisotopic (exact) mass is 422 g/mol. The van der Waals surface area contributed by atoms with Gasteiger partial charge in [-0.05, 0) is 31.2 Å². The number of anilines is 2. The number of hydrogen-bond acceptors (Lipinski definition) is 6. The lowest BCUT2D eigenvalue weighted by Crippen LogP contribution is -2.43. The Labute approximate surface area is 179 Å². The summed E-state index contributed by atoms with van der Waals surface area (Å²) < 4.78 is 16.0. The summed E-state index contributed by atoms with van der Waals surface area (Å²) in [6.07, 6.45) is -0.160. The molecule has 2 aromatic rings. The van der Waals surface area contributed by atoms with Crippen LogP contribution in [0.1, 0.15) is 13.3 Å². The lowest BCUT2D eigenvalue weighted by atomic mass is 9.88. The van der Waals surface area contributed by atoms with E-state index in [4.69, 9.17) is 14.2 Å². The van der Waals surface area contributed by atoms with Crippen molar-refractivity contribution in [1.29, 1.82) is 0 Å². The largest absolute Gasteiger partial charge is 0.486 e. The Morgan fingerprint density at radius 3 is 2.48 bits per heavy atom. The number of carbonyl (C=O) groups is 3. The number of para-hydroxylation sites is 1. The van der Waals surface area contributed by atoms with E-state index >= 15 is 0 Å². The lowest BCUT2D eigenvalue weighted by Gasteiger charge is -2.33. The molecule has 1 atom stereocenters. The van der Waals surface area contributed by atoms with Crippen molar-refractivity contribution in [3.63, 3.8) is 0 Å². The normalized spacial score (nSPS) is 17.9. The fraction of sp³-hybridized carbons (Fsp3) is 0.261. The van der Waals surface area contributed by atoms with Crippen molar-refractivity contribution in [2.24, 2.45) is 5.92 Å². The molecular formula is C23H22N2O6. The first-order valence-electron chi connectivity index (χ1n) is 9.87. The summed E-state index contributed by atoms with van der Waals surface area (Å²) in [5.41, 5.74) is 1.63. The molecule has 2 aromatic carbocycles. The topological polar surface area (TPSA) is 94.2 Å². The van der Waals surface area contributed by atoms with E-state index < -0.39 is 17.8 Å². The molecule has 2 aliphatic heterocycles. The average Bonchev–Trinajstić information content (AvgIpc) is 2.79. The van der Waals surface area contributed by atoms with Gasteiger partial charge in [0, 0.05) is 29.6 Å². The summed E-state index contributed by atoms with van der Waals surface area (Å²) >= 11 is 0. The predicted molar refractivity (Wildman–Crippen MR) is 113 cm³/mol. The smallest absolute Gasteiger partial charge is 0.336 e. The Balaban J connectivity index is 1.65. The van der Waals surface area contributed by atoms with E-state index in [0.717, 1.165) is 0 Å². The van der Waals surface area contributed by atoms with Gasteiger partial charge in [0.15, 0.2) is 11.5 Å². The van der Waals surface area contributed by atoms with Gasteiger partial charge in [-0.1, -0.05) is 18.2 Å². The van der Waals surface area contributed by atoms with Crippen LogP contribution >= 0.6 is 0 Å². The average molecular weight is 422 g/mol. The van der Waals surface area contributed by atoms with Crippen LogP contribution in [0.15, 0.2) is 59.8 Å². The summed E-state index contributed by atoms with van der Waals surface area (Å²) in [5, 5.41) is 2.78. The minimum atomic E-state index is -0.979. The Morgan fingerprint density at radius 2 is 1.77 bits per heavy atom. The number of allylic oxidation sites excluding steroid dienone is 1. The molecule has 160 valence electrons. The second kappa shape index (κ2) is 8.51. The number of methoxy groups -OCH3 is 1. The number of nitrogens with zero attached hydrogens (tertiary/aromatic N) is 1. The molecule has 2 amide bonds. The number of hydrogen-bond donors (Lipinski definition) is 1. The van der Waals surface area contributed by atoms with Crippen molar-refractivity contribution in [3.05, 3.63) is 59.8 Å². The van der Waals surface area contributed by atoms with Crippen LogP contribution in [0.3, 0.4) is 0 Å². The van der Waals surface area contributed by atoms with E-state index in [2.05, 4.69) is 5.32 Å². The molecule has 0 fully saturated rings. The molecule has 2 heterocycles. The third-order valence-corrected chi connectivity index (χ3v) is 5.25. The number of esters is 1. The maximum atomic E-state index is 13.1. The van der Waals surface area contributed by atoms with E-state index in [1.807, 2.05) is 6.07 Å². The van der Waals surface area contributed by atoms with Gasteiger partial charge in [0.2, 0.25) is 11.8 Å². The predicted octanol–water partition coefficient (Wildman–Crippen LogP) is 2.90. The third-order valence-electron chi connectivity index (χ3n) is 5.25. The van der Waals surface area contributed by atoms with Gasteiger partial charge in [0.05, 0.1) is 18.6 Å². The molecule has 0 bridgehead atoms. The summed E-state index contributed by atoms with van der Waals surface area (Å²) in [6, 6.07) is 14.0. The quantitative estimate of drug-likeness (QED) is 0.762. The number of carbonyl (C=O) groups excluding carboxylic acids is 3. The van der Waals surface area contributed by atoms with Crippen LogP contribution in [0.25, 0.3) is 0 Å². The van der Waals surface area contributed by atoms with E-state index in [1.54, 1.807) is 49.4 Å². The van der Waals surface area contributed by atoms with Gasteiger partial charge in [0.25, 0.3) is 0 Å². The second-order valence-corrected chi connectivity index (χ2v) is 7.16. The van der Waals surface area contributed by atoms with Gasteiger partial charge in [-0.15, -0.1) is 0 Å². The SMILES string of the molecule is COC(=O)C1=C(C)N(c2ccccc2)C(=O)CC1C(=O)Nc1ccc2c(c1)OCCO2. The van der Waals surface area contributed by atoms with Crippen molar-refractivity contribution < 1.29 is 28.6 Å². The van der Waals surface area contributed by atoms with Crippen molar-refractivity contribution in [2.75, 3.05) is 30.5 Å². The number of fused-ring (bicyclic) bond motifs is 1. The Kier molecular flexibility index (Phi) is 5.62. The fourth-order valence-electron chi connectivity index (χ4n) is 3.82. The zero-order chi connectivity index (χ0) is 22.0. The molecule has 0 aliphatic carbocycles. The number of benzene rings is 2. The number of rotatable bonds is 4. The van der Waals surface area contributed by atoms with E-state index in [9.17, 15) is 14.4 Å². The van der Waals surface area contributed by atoms with Gasteiger partial charge < -0.3 is 19.5 Å². The van der Waals surface area contributed by atoms with Crippen LogP contribution in [-0.2, 0) is 19.1 Å². The van der Waals surface area contributed by atoms with Crippen LogP contribution < -0.4 is 19.7 Å². The molecular weight excluding hydrogens is 400 g/mol. The highest BCUT2D eigenvalue weighted by Crippen LogP contribution is 2.36.